The second-order valence-electron chi connectivity index (χ2n) is 5.21. The number of nitrogens with one attached hydrogen (secondary N) is 1. The van der Waals surface area contributed by atoms with Crippen molar-refractivity contribution >= 4 is 5.91 Å². The van der Waals surface area contributed by atoms with Gasteiger partial charge in [0.2, 0.25) is 0 Å². The van der Waals surface area contributed by atoms with E-state index in [0.29, 0.717) is 12.1 Å². The van der Waals surface area contributed by atoms with Crippen LogP contribution in [0.3, 0.4) is 0 Å². The molecule has 0 bridgehead atoms. The molecule has 110 valence electrons. The third kappa shape index (κ3) is 4.68. The number of hydrogen-bond donors (Lipinski definition) is 1. The van der Waals surface area contributed by atoms with Gasteiger partial charge in [0.1, 0.15) is 0 Å². The van der Waals surface area contributed by atoms with Gasteiger partial charge in [-0.3, -0.25) is 9.78 Å². The monoisotopic (exact) mass is 283 g/mol. The first-order chi connectivity index (χ1) is 10.2. The summed E-state index contributed by atoms with van der Waals surface area (Å²) in [6, 6.07) is 13.6. The van der Waals surface area contributed by atoms with Gasteiger partial charge in [0.05, 0.1) is 11.3 Å². The van der Waals surface area contributed by atoms with Crippen LogP contribution in [0.4, 0.5) is 0 Å². The first-order valence-electron chi connectivity index (χ1n) is 7.11. The SMILES string of the molecule is CN(C)CCCNC(=O)c1ccc(-c2ccccc2)nc1. The molecule has 21 heavy (non-hydrogen) atoms. The van der Waals surface area contributed by atoms with Crippen LogP contribution < -0.4 is 5.32 Å². The molecule has 1 aromatic heterocycles. The summed E-state index contributed by atoms with van der Waals surface area (Å²) >= 11 is 0. The molecule has 1 heterocycles. The Labute approximate surface area is 125 Å². The van der Waals surface area contributed by atoms with E-state index in [2.05, 4.69) is 15.2 Å². The first-order valence-corrected chi connectivity index (χ1v) is 7.11. The molecule has 4 heteroatoms. The molecule has 2 aromatic rings. The molecule has 0 saturated carbocycles. The zero-order valence-corrected chi connectivity index (χ0v) is 12.5. The smallest absolute Gasteiger partial charge is 0.252 e. The number of nitrogens with zero attached hydrogens (tertiary/aromatic N) is 2. The summed E-state index contributed by atoms with van der Waals surface area (Å²) in [6.45, 7) is 1.64. The fourth-order valence-electron chi connectivity index (χ4n) is 2.01. The highest BCUT2D eigenvalue weighted by Crippen LogP contribution is 2.16. The van der Waals surface area contributed by atoms with E-state index in [1.165, 1.54) is 0 Å². The Kier molecular flexibility index (Phi) is 5.46. The van der Waals surface area contributed by atoms with Gasteiger partial charge in [-0.05, 0) is 39.2 Å². The Morgan fingerprint density at radius 3 is 2.52 bits per heavy atom. The van der Waals surface area contributed by atoms with Crippen LogP contribution in [-0.4, -0.2) is 43.0 Å². The van der Waals surface area contributed by atoms with Crippen LogP contribution in [0.1, 0.15) is 16.8 Å². The fraction of sp³-hybridized carbons (Fsp3) is 0.294. The first kappa shape index (κ1) is 15.2. The number of carbonyl (C=O) groups is 1. The summed E-state index contributed by atoms with van der Waals surface area (Å²) < 4.78 is 0. The quantitative estimate of drug-likeness (QED) is 0.828. The van der Waals surface area contributed by atoms with E-state index in [9.17, 15) is 4.79 Å². The van der Waals surface area contributed by atoms with Crippen molar-refractivity contribution in [2.75, 3.05) is 27.2 Å². The summed E-state index contributed by atoms with van der Waals surface area (Å²) in [5.74, 6) is -0.0686. The number of carbonyl (C=O) groups excluding carboxylic acids is 1. The highest BCUT2D eigenvalue weighted by Gasteiger charge is 2.06. The van der Waals surface area contributed by atoms with Crippen molar-refractivity contribution in [1.29, 1.82) is 0 Å². The number of hydrogen-bond acceptors (Lipinski definition) is 3. The van der Waals surface area contributed by atoms with Gasteiger partial charge in [0.15, 0.2) is 0 Å². The molecule has 1 N–H and O–H groups in total. The third-order valence-electron chi connectivity index (χ3n) is 3.16. The number of aromatic nitrogens is 1. The third-order valence-corrected chi connectivity index (χ3v) is 3.16. The van der Waals surface area contributed by atoms with Crippen LogP contribution in [0, 0.1) is 0 Å². The number of pyridine rings is 1. The molecular formula is C17H21N3O. The van der Waals surface area contributed by atoms with Crippen LogP contribution in [-0.2, 0) is 0 Å². The molecule has 4 nitrogen and oxygen atoms in total. The highest BCUT2D eigenvalue weighted by molar-refractivity contribution is 5.94. The maximum Gasteiger partial charge on any atom is 0.252 e. The molecule has 1 amide bonds. The van der Waals surface area contributed by atoms with Gasteiger partial charge in [-0.1, -0.05) is 30.3 Å². The topological polar surface area (TPSA) is 45.2 Å². The summed E-state index contributed by atoms with van der Waals surface area (Å²) in [7, 11) is 4.04. The van der Waals surface area contributed by atoms with Crippen molar-refractivity contribution in [3.8, 4) is 11.3 Å². The normalized spacial score (nSPS) is 10.6. The van der Waals surface area contributed by atoms with E-state index in [1.54, 1.807) is 6.20 Å². The fourth-order valence-corrected chi connectivity index (χ4v) is 2.01. The number of amides is 1. The predicted molar refractivity (Wildman–Crippen MR) is 85.2 cm³/mol. The van der Waals surface area contributed by atoms with Crippen molar-refractivity contribution in [1.82, 2.24) is 15.2 Å². The van der Waals surface area contributed by atoms with Gasteiger partial charge >= 0.3 is 0 Å². The summed E-state index contributed by atoms with van der Waals surface area (Å²) in [4.78, 5) is 18.4. The molecule has 0 atom stereocenters. The van der Waals surface area contributed by atoms with E-state index in [-0.39, 0.29) is 5.91 Å². The molecule has 0 aliphatic rings. The molecular weight excluding hydrogens is 262 g/mol. The van der Waals surface area contributed by atoms with Crippen molar-refractivity contribution in [2.45, 2.75) is 6.42 Å². The Balaban J connectivity index is 1.91. The molecule has 0 saturated heterocycles. The van der Waals surface area contributed by atoms with Crippen LogP contribution in [0.25, 0.3) is 11.3 Å². The zero-order valence-electron chi connectivity index (χ0n) is 12.5. The number of rotatable bonds is 6. The molecule has 0 aliphatic heterocycles. The van der Waals surface area contributed by atoms with E-state index >= 15 is 0 Å². The van der Waals surface area contributed by atoms with Gasteiger partial charge in [-0.15, -0.1) is 0 Å². The lowest BCUT2D eigenvalue weighted by Gasteiger charge is -2.10. The molecule has 1 aromatic carbocycles. The molecule has 2 rings (SSSR count). The lowest BCUT2D eigenvalue weighted by molar-refractivity contribution is 0.0952. The molecule has 0 spiro atoms. The van der Waals surface area contributed by atoms with Crippen LogP contribution in [0.2, 0.25) is 0 Å². The Morgan fingerprint density at radius 2 is 1.90 bits per heavy atom. The van der Waals surface area contributed by atoms with E-state index in [0.717, 1.165) is 24.2 Å². The Morgan fingerprint density at radius 1 is 1.14 bits per heavy atom. The van der Waals surface area contributed by atoms with Crippen LogP contribution in [0.15, 0.2) is 48.7 Å². The van der Waals surface area contributed by atoms with E-state index < -0.39 is 0 Å². The van der Waals surface area contributed by atoms with E-state index in [4.69, 9.17) is 0 Å². The summed E-state index contributed by atoms with van der Waals surface area (Å²) in [6.07, 6.45) is 2.57. The van der Waals surface area contributed by atoms with Gasteiger partial charge in [0, 0.05) is 18.3 Å². The van der Waals surface area contributed by atoms with Gasteiger partial charge in [-0.2, -0.15) is 0 Å². The minimum absolute atomic E-state index is 0.0686. The number of benzene rings is 1. The summed E-state index contributed by atoms with van der Waals surface area (Å²) in [5, 5.41) is 2.91. The maximum absolute atomic E-state index is 12.0. The largest absolute Gasteiger partial charge is 0.352 e. The second-order valence-corrected chi connectivity index (χ2v) is 5.21. The van der Waals surface area contributed by atoms with Crippen LogP contribution >= 0.6 is 0 Å². The molecule has 0 fully saturated rings. The molecule has 0 unspecified atom stereocenters. The lowest BCUT2D eigenvalue weighted by atomic mass is 10.1. The minimum Gasteiger partial charge on any atom is -0.352 e. The predicted octanol–water partition coefficient (Wildman–Crippen LogP) is 2.43. The van der Waals surface area contributed by atoms with Crippen molar-refractivity contribution < 1.29 is 4.79 Å². The van der Waals surface area contributed by atoms with Gasteiger partial charge < -0.3 is 10.2 Å². The highest BCUT2D eigenvalue weighted by atomic mass is 16.1. The Hall–Kier alpha value is -2.20. The average molecular weight is 283 g/mol. The zero-order chi connectivity index (χ0) is 15.1. The lowest BCUT2D eigenvalue weighted by Crippen LogP contribution is -2.27. The van der Waals surface area contributed by atoms with Gasteiger partial charge in [0.25, 0.3) is 5.91 Å². The van der Waals surface area contributed by atoms with Crippen LogP contribution in [0.5, 0.6) is 0 Å². The van der Waals surface area contributed by atoms with Crippen molar-refractivity contribution in [2.24, 2.45) is 0 Å². The van der Waals surface area contributed by atoms with E-state index in [1.807, 2.05) is 56.6 Å². The van der Waals surface area contributed by atoms with Crippen molar-refractivity contribution in [3.63, 3.8) is 0 Å². The molecule has 0 radical (unpaired) electrons. The summed E-state index contributed by atoms with van der Waals surface area (Å²) in [5.41, 5.74) is 2.52. The standard InChI is InChI=1S/C17H21N3O/c1-20(2)12-6-11-18-17(21)15-9-10-16(19-13-15)14-7-4-3-5-8-14/h3-5,7-10,13H,6,11-12H2,1-2H3,(H,18,21). The average Bonchev–Trinajstić information content (AvgIpc) is 2.52. The maximum atomic E-state index is 12.0. The second kappa shape index (κ2) is 7.55. The minimum atomic E-state index is -0.0686. The molecule has 0 aliphatic carbocycles. The van der Waals surface area contributed by atoms with Gasteiger partial charge in [-0.25, -0.2) is 0 Å². The Bertz CT molecular complexity index is 564. The van der Waals surface area contributed by atoms with Crippen molar-refractivity contribution in [3.05, 3.63) is 54.2 Å².